The number of aliphatic hydroxyl groups is 1. The van der Waals surface area contributed by atoms with E-state index in [1.165, 1.54) is 0 Å². The summed E-state index contributed by atoms with van der Waals surface area (Å²) in [5, 5.41) is 10.1. The first kappa shape index (κ1) is 8.86. The van der Waals surface area contributed by atoms with E-state index >= 15 is 0 Å². The second-order valence-electron chi connectivity index (χ2n) is 5.55. The first-order chi connectivity index (χ1) is 6.54. The Kier molecular flexibility index (Phi) is 1.51. The van der Waals surface area contributed by atoms with E-state index in [2.05, 4.69) is 6.92 Å². The molecule has 0 radical (unpaired) electrons. The van der Waals surface area contributed by atoms with Gasteiger partial charge in [-0.3, -0.25) is 0 Å². The topological polar surface area (TPSA) is 46.5 Å². The first-order valence-electron chi connectivity index (χ1n) is 5.41. The van der Waals surface area contributed by atoms with Crippen LogP contribution in [0.3, 0.4) is 0 Å². The summed E-state index contributed by atoms with van der Waals surface area (Å²) in [6, 6.07) is 0. The van der Waals surface area contributed by atoms with Crippen molar-refractivity contribution in [3.8, 4) is 0 Å². The number of rotatable bonds is 1. The Labute approximate surface area is 83.4 Å². The van der Waals surface area contributed by atoms with Crippen molar-refractivity contribution in [2.24, 2.45) is 17.8 Å². The first-order valence-corrected chi connectivity index (χ1v) is 5.41. The van der Waals surface area contributed by atoms with Crippen molar-refractivity contribution in [1.82, 2.24) is 0 Å². The number of hydrogen-bond acceptors (Lipinski definition) is 3. The molecule has 2 unspecified atom stereocenters. The molecule has 3 heteroatoms. The molecule has 2 heterocycles. The Bertz CT molecular complexity index is 250. The van der Waals surface area contributed by atoms with Crippen molar-refractivity contribution in [3.63, 3.8) is 0 Å². The van der Waals surface area contributed by atoms with Crippen molar-refractivity contribution < 1.29 is 14.6 Å². The highest BCUT2D eigenvalue weighted by molar-refractivity contribution is 5.56. The number of hydrogen-bond donors (Lipinski definition) is 1. The molecule has 2 aliphatic carbocycles. The van der Waals surface area contributed by atoms with Gasteiger partial charge in [0.1, 0.15) is 6.29 Å². The molecule has 2 aliphatic heterocycles. The summed E-state index contributed by atoms with van der Waals surface area (Å²) >= 11 is 0. The fraction of sp³-hybridized carbons (Fsp3) is 0.909. The smallest absolute Gasteiger partial charge is 0.166 e. The van der Waals surface area contributed by atoms with E-state index in [1.54, 1.807) is 0 Å². The molecule has 2 saturated carbocycles. The van der Waals surface area contributed by atoms with Crippen LogP contribution in [0.2, 0.25) is 0 Å². The zero-order valence-corrected chi connectivity index (χ0v) is 8.40. The minimum Gasteiger partial charge on any atom is -0.365 e. The number of ether oxygens (including phenoxy) is 1. The number of carbonyl (C=O) groups excluding carboxylic acids is 1. The Hall–Kier alpha value is -0.410. The van der Waals surface area contributed by atoms with Crippen LogP contribution in [0.4, 0.5) is 0 Å². The summed E-state index contributed by atoms with van der Waals surface area (Å²) in [6.07, 6.45) is 4.29. The van der Waals surface area contributed by atoms with Gasteiger partial charge in [0, 0.05) is 18.8 Å². The summed E-state index contributed by atoms with van der Waals surface area (Å²) < 4.78 is 5.73. The zero-order valence-electron chi connectivity index (χ0n) is 8.40. The van der Waals surface area contributed by atoms with Crippen LogP contribution >= 0.6 is 0 Å². The van der Waals surface area contributed by atoms with Crippen molar-refractivity contribution in [2.75, 3.05) is 0 Å². The maximum atomic E-state index is 11.0. The normalized spacial score (nSPS) is 60.3. The van der Waals surface area contributed by atoms with Crippen LogP contribution in [-0.4, -0.2) is 22.8 Å². The molecule has 0 aromatic carbocycles. The van der Waals surface area contributed by atoms with E-state index in [0.29, 0.717) is 24.7 Å². The Morgan fingerprint density at radius 2 is 1.86 bits per heavy atom. The van der Waals surface area contributed by atoms with Crippen LogP contribution in [0.25, 0.3) is 0 Å². The quantitative estimate of drug-likeness (QED) is 0.639. The molecule has 0 amide bonds. The average Bonchev–Trinajstić information content (AvgIpc) is 1.97. The van der Waals surface area contributed by atoms with Crippen molar-refractivity contribution in [2.45, 2.75) is 44.0 Å². The SMILES string of the molecule is CC12CC3CC(O)(CC(C1)C3C=O)O2. The van der Waals surface area contributed by atoms with E-state index in [-0.39, 0.29) is 11.5 Å². The van der Waals surface area contributed by atoms with Crippen LogP contribution < -0.4 is 0 Å². The third kappa shape index (κ3) is 1.03. The van der Waals surface area contributed by atoms with Gasteiger partial charge in [0.05, 0.1) is 5.60 Å². The van der Waals surface area contributed by atoms with Gasteiger partial charge in [-0.25, -0.2) is 0 Å². The lowest BCUT2D eigenvalue weighted by Gasteiger charge is -2.60. The summed E-state index contributed by atoms with van der Waals surface area (Å²) in [5.74, 6) is -0.0418. The Balaban J connectivity index is 1.98. The van der Waals surface area contributed by atoms with E-state index in [9.17, 15) is 9.90 Å². The Morgan fingerprint density at radius 1 is 1.29 bits per heavy atom. The zero-order chi connectivity index (χ0) is 9.97. The van der Waals surface area contributed by atoms with Crippen molar-refractivity contribution >= 4 is 6.29 Å². The highest BCUT2D eigenvalue weighted by Gasteiger charge is 2.60. The second kappa shape index (κ2) is 2.39. The number of carbonyl (C=O) groups is 1. The minimum atomic E-state index is -0.917. The van der Waals surface area contributed by atoms with Gasteiger partial charge in [0.2, 0.25) is 0 Å². The standard InChI is InChI=1S/C11H16O3/c1-10-2-7-4-11(13,14-10)5-8(3-10)9(7)6-12/h6-9,13H,2-5H2,1H3. The lowest BCUT2D eigenvalue weighted by Crippen LogP contribution is -2.63. The largest absolute Gasteiger partial charge is 0.365 e. The van der Waals surface area contributed by atoms with Crippen LogP contribution in [-0.2, 0) is 9.53 Å². The third-order valence-corrected chi connectivity index (χ3v) is 4.23. The third-order valence-electron chi connectivity index (χ3n) is 4.23. The highest BCUT2D eigenvalue weighted by atomic mass is 16.6. The van der Waals surface area contributed by atoms with Gasteiger partial charge in [-0.2, -0.15) is 0 Å². The van der Waals surface area contributed by atoms with Gasteiger partial charge in [0.15, 0.2) is 5.79 Å². The molecular formula is C11H16O3. The molecule has 78 valence electrons. The summed E-state index contributed by atoms with van der Waals surface area (Å²) in [6.45, 7) is 2.07. The monoisotopic (exact) mass is 196 g/mol. The molecule has 0 aromatic heterocycles. The van der Waals surface area contributed by atoms with Crippen LogP contribution in [0.5, 0.6) is 0 Å². The molecule has 4 aliphatic rings. The molecule has 4 bridgehead atoms. The van der Waals surface area contributed by atoms with Gasteiger partial charge in [-0.05, 0) is 31.6 Å². The van der Waals surface area contributed by atoms with E-state index < -0.39 is 5.79 Å². The van der Waals surface area contributed by atoms with E-state index in [0.717, 1.165) is 19.1 Å². The summed E-state index contributed by atoms with van der Waals surface area (Å²) in [7, 11) is 0. The predicted molar refractivity (Wildman–Crippen MR) is 49.4 cm³/mol. The molecule has 1 N–H and O–H groups in total. The molecule has 0 spiro atoms. The minimum absolute atomic E-state index is 0.167. The molecule has 2 atom stereocenters. The second-order valence-corrected chi connectivity index (χ2v) is 5.55. The molecule has 14 heavy (non-hydrogen) atoms. The fourth-order valence-corrected chi connectivity index (χ4v) is 4.02. The summed E-state index contributed by atoms with van der Waals surface area (Å²) in [4.78, 5) is 11.0. The van der Waals surface area contributed by atoms with Crippen molar-refractivity contribution in [1.29, 1.82) is 0 Å². The fourth-order valence-electron chi connectivity index (χ4n) is 4.02. The van der Waals surface area contributed by atoms with Gasteiger partial charge in [-0.15, -0.1) is 0 Å². The average molecular weight is 196 g/mol. The van der Waals surface area contributed by atoms with Crippen LogP contribution in [0.1, 0.15) is 32.6 Å². The van der Waals surface area contributed by atoms with Gasteiger partial charge < -0.3 is 14.6 Å². The van der Waals surface area contributed by atoms with E-state index in [4.69, 9.17) is 4.74 Å². The lowest BCUT2D eigenvalue weighted by molar-refractivity contribution is -0.357. The molecule has 0 aromatic rings. The van der Waals surface area contributed by atoms with E-state index in [1.807, 2.05) is 0 Å². The predicted octanol–water partition coefficient (Wildman–Crippen LogP) is 1.10. The molecule has 4 rings (SSSR count). The maximum Gasteiger partial charge on any atom is 0.166 e. The summed E-state index contributed by atoms with van der Waals surface area (Å²) in [5.41, 5.74) is -0.167. The maximum absolute atomic E-state index is 11.0. The number of aldehydes is 1. The molecular weight excluding hydrogens is 180 g/mol. The Morgan fingerprint density at radius 3 is 2.29 bits per heavy atom. The van der Waals surface area contributed by atoms with Gasteiger partial charge in [0.25, 0.3) is 0 Å². The lowest BCUT2D eigenvalue weighted by atomic mass is 9.56. The van der Waals surface area contributed by atoms with Crippen molar-refractivity contribution in [3.05, 3.63) is 0 Å². The van der Waals surface area contributed by atoms with Gasteiger partial charge >= 0.3 is 0 Å². The molecule has 4 fully saturated rings. The van der Waals surface area contributed by atoms with Crippen LogP contribution in [0.15, 0.2) is 0 Å². The molecule has 2 saturated heterocycles. The highest BCUT2D eigenvalue weighted by Crippen LogP contribution is 2.58. The molecule has 3 nitrogen and oxygen atoms in total. The van der Waals surface area contributed by atoms with Gasteiger partial charge in [-0.1, -0.05) is 0 Å². The van der Waals surface area contributed by atoms with Crippen LogP contribution in [0, 0.1) is 17.8 Å².